The van der Waals surface area contributed by atoms with Crippen molar-refractivity contribution in [2.24, 2.45) is 0 Å². The maximum absolute atomic E-state index is 12.3. The van der Waals surface area contributed by atoms with Crippen LogP contribution in [0, 0.1) is 10.1 Å². The number of methoxy groups -OCH3 is 1. The zero-order chi connectivity index (χ0) is 23.1. The maximum Gasteiger partial charge on any atom is 0.338 e. The fourth-order valence-corrected chi connectivity index (χ4v) is 2.73. The van der Waals surface area contributed by atoms with Crippen LogP contribution in [0.15, 0.2) is 72.8 Å². The van der Waals surface area contributed by atoms with Crippen molar-refractivity contribution in [1.82, 2.24) is 0 Å². The minimum atomic E-state index is -0.691. The molecule has 0 radical (unpaired) electrons. The number of benzene rings is 3. The molecule has 0 aliphatic rings. The van der Waals surface area contributed by atoms with Gasteiger partial charge in [-0.25, -0.2) is 4.79 Å². The molecule has 0 saturated carbocycles. The zero-order valence-corrected chi connectivity index (χ0v) is 16.9. The number of nitrogens with one attached hydrogen (secondary N) is 1. The van der Waals surface area contributed by atoms with Crippen molar-refractivity contribution >= 4 is 29.0 Å². The molecule has 9 nitrogen and oxygen atoms in total. The number of nitro benzene ring substituents is 1. The number of amides is 1. The third-order valence-electron chi connectivity index (χ3n) is 4.44. The van der Waals surface area contributed by atoms with E-state index in [4.69, 9.17) is 9.47 Å². The Kier molecular flexibility index (Phi) is 6.92. The van der Waals surface area contributed by atoms with Crippen molar-refractivity contribution in [2.75, 3.05) is 19.0 Å². The van der Waals surface area contributed by atoms with Gasteiger partial charge in [0, 0.05) is 28.9 Å². The molecule has 9 heteroatoms. The first-order chi connectivity index (χ1) is 15.4. The normalized spacial score (nSPS) is 10.2. The Hall–Kier alpha value is -4.53. The summed E-state index contributed by atoms with van der Waals surface area (Å²) in [6.07, 6.45) is 0. The lowest BCUT2D eigenvalue weighted by Crippen LogP contribution is -2.15. The van der Waals surface area contributed by atoms with E-state index in [1.165, 1.54) is 55.6 Å². The molecule has 3 rings (SSSR count). The van der Waals surface area contributed by atoms with E-state index in [0.717, 1.165) is 0 Å². The van der Waals surface area contributed by atoms with E-state index in [1.807, 2.05) is 0 Å². The molecule has 1 amide bonds. The Morgan fingerprint density at radius 3 is 2.19 bits per heavy atom. The molecule has 3 aromatic carbocycles. The van der Waals surface area contributed by atoms with Gasteiger partial charge in [-0.2, -0.15) is 0 Å². The number of carbonyl (C=O) groups is 3. The monoisotopic (exact) mass is 434 g/mol. The first kappa shape index (κ1) is 22.2. The molecule has 0 atom stereocenters. The van der Waals surface area contributed by atoms with E-state index in [9.17, 15) is 24.5 Å². The highest BCUT2D eigenvalue weighted by Crippen LogP contribution is 2.17. The van der Waals surface area contributed by atoms with E-state index >= 15 is 0 Å². The predicted molar refractivity (Wildman–Crippen MR) is 115 cm³/mol. The Morgan fingerprint density at radius 1 is 0.906 bits per heavy atom. The molecule has 162 valence electrons. The standard InChI is InChI=1S/C23H18N2O7/c1-31-20-11-7-15(8-12-20)21(26)14-32-23(28)16-5-9-18(10-6-16)24-22(27)17-3-2-4-19(13-17)25(29)30/h2-13H,14H2,1H3,(H,24,27). The van der Waals surface area contributed by atoms with Crippen LogP contribution in [0.2, 0.25) is 0 Å². The Morgan fingerprint density at radius 2 is 1.56 bits per heavy atom. The Bertz CT molecular complexity index is 1160. The topological polar surface area (TPSA) is 125 Å². The molecule has 0 aliphatic heterocycles. The van der Waals surface area contributed by atoms with Crippen molar-refractivity contribution in [3.05, 3.63) is 99.6 Å². The summed E-state index contributed by atoms with van der Waals surface area (Å²) in [6, 6.07) is 17.6. The van der Waals surface area contributed by atoms with Gasteiger partial charge in [-0.15, -0.1) is 0 Å². The summed E-state index contributed by atoms with van der Waals surface area (Å²) >= 11 is 0. The summed E-state index contributed by atoms with van der Waals surface area (Å²) in [7, 11) is 1.52. The molecule has 0 spiro atoms. The highest BCUT2D eigenvalue weighted by molar-refractivity contribution is 6.05. The number of anilines is 1. The minimum Gasteiger partial charge on any atom is -0.497 e. The van der Waals surface area contributed by atoms with Crippen LogP contribution >= 0.6 is 0 Å². The average Bonchev–Trinajstić information content (AvgIpc) is 2.82. The summed E-state index contributed by atoms with van der Waals surface area (Å²) in [4.78, 5) is 46.9. The van der Waals surface area contributed by atoms with Crippen LogP contribution in [0.1, 0.15) is 31.1 Å². The Balaban J connectivity index is 1.56. The number of non-ortho nitro benzene ring substituents is 1. The fraction of sp³-hybridized carbons (Fsp3) is 0.0870. The van der Waals surface area contributed by atoms with E-state index in [0.29, 0.717) is 17.0 Å². The van der Waals surface area contributed by atoms with Crippen molar-refractivity contribution in [3.63, 3.8) is 0 Å². The number of nitro groups is 1. The highest BCUT2D eigenvalue weighted by atomic mass is 16.6. The van der Waals surface area contributed by atoms with Crippen LogP contribution in [0.5, 0.6) is 5.75 Å². The number of ketones is 1. The number of carbonyl (C=O) groups excluding carboxylic acids is 3. The lowest BCUT2D eigenvalue weighted by molar-refractivity contribution is -0.384. The van der Waals surface area contributed by atoms with E-state index in [1.54, 1.807) is 24.3 Å². The zero-order valence-electron chi connectivity index (χ0n) is 16.9. The summed E-state index contributed by atoms with van der Waals surface area (Å²) in [5.74, 6) is -0.976. The van der Waals surface area contributed by atoms with Gasteiger partial charge in [-0.3, -0.25) is 19.7 Å². The number of hydrogen-bond donors (Lipinski definition) is 1. The van der Waals surface area contributed by atoms with Gasteiger partial charge in [0.05, 0.1) is 17.6 Å². The lowest BCUT2D eigenvalue weighted by atomic mass is 10.1. The summed E-state index contributed by atoms with van der Waals surface area (Å²) in [6.45, 7) is -0.420. The second-order valence-electron chi connectivity index (χ2n) is 6.57. The number of esters is 1. The first-order valence-corrected chi connectivity index (χ1v) is 9.37. The molecule has 0 aromatic heterocycles. The van der Waals surface area contributed by atoms with Gasteiger partial charge in [0.2, 0.25) is 0 Å². The molecular formula is C23H18N2O7. The molecule has 0 fully saturated rings. The predicted octanol–water partition coefficient (Wildman–Crippen LogP) is 3.90. The molecule has 3 aromatic rings. The third-order valence-corrected chi connectivity index (χ3v) is 4.44. The number of ether oxygens (including phenoxy) is 2. The van der Waals surface area contributed by atoms with Crippen LogP contribution in [0.25, 0.3) is 0 Å². The molecule has 0 aliphatic carbocycles. The van der Waals surface area contributed by atoms with Crippen molar-refractivity contribution in [2.45, 2.75) is 0 Å². The summed E-state index contributed by atoms with van der Waals surface area (Å²) in [5, 5.41) is 13.4. The molecule has 0 heterocycles. The SMILES string of the molecule is COc1ccc(C(=O)COC(=O)c2ccc(NC(=O)c3cccc([N+](=O)[O-])c3)cc2)cc1. The second-order valence-corrected chi connectivity index (χ2v) is 6.57. The second kappa shape index (κ2) is 9.98. The van der Waals surface area contributed by atoms with E-state index < -0.39 is 23.4 Å². The van der Waals surface area contributed by atoms with Crippen molar-refractivity contribution in [3.8, 4) is 5.75 Å². The number of nitrogens with zero attached hydrogens (tertiary/aromatic N) is 1. The van der Waals surface area contributed by atoms with Crippen molar-refractivity contribution < 1.29 is 28.8 Å². The molecular weight excluding hydrogens is 416 g/mol. The lowest BCUT2D eigenvalue weighted by Gasteiger charge is -2.08. The van der Waals surface area contributed by atoms with Gasteiger partial charge in [0.25, 0.3) is 11.6 Å². The molecule has 0 saturated heterocycles. The van der Waals surface area contributed by atoms with Crippen LogP contribution in [0.3, 0.4) is 0 Å². The van der Waals surface area contributed by atoms with Crippen LogP contribution in [-0.4, -0.2) is 36.3 Å². The van der Waals surface area contributed by atoms with Gasteiger partial charge in [-0.05, 0) is 54.6 Å². The van der Waals surface area contributed by atoms with Crippen molar-refractivity contribution in [1.29, 1.82) is 0 Å². The third kappa shape index (κ3) is 5.54. The number of rotatable bonds is 8. The van der Waals surface area contributed by atoms with Crippen LogP contribution < -0.4 is 10.1 Å². The summed E-state index contributed by atoms with van der Waals surface area (Å²) < 4.78 is 10.1. The first-order valence-electron chi connectivity index (χ1n) is 9.37. The quantitative estimate of drug-likeness (QED) is 0.247. The molecule has 0 unspecified atom stereocenters. The largest absolute Gasteiger partial charge is 0.497 e. The smallest absolute Gasteiger partial charge is 0.338 e. The van der Waals surface area contributed by atoms with Gasteiger partial charge in [0.1, 0.15) is 5.75 Å². The number of hydrogen-bond acceptors (Lipinski definition) is 7. The number of Topliss-reactive ketones (excluding diaryl/α,β-unsaturated/α-hetero) is 1. The minimum absolute atomic E-state index is 0.125. The highest BCUT2D eigenvalue weighted by Gasteiger charge is 2.14. The Labute approximate surface area is 182 Å². The van der Waals surface area contributed by atoms with Crippen LogP contribution in [0.4, 0.5) is 11.4 Å². The molecule has 32 heavy (non-hydrogen) atoms. The van der Waals surface area contributed by atoms with E-state index in [2.05, 4.69) is 5.32 Å². The molecule has 0 bridgehead atoms. The fourth-order valence-electron chi connectivity index (χ4n) is 2.73. The van der Waals surface area contributed by atoms with Gasteiger partial charge >= 0.3 is 5.97 Å². The van der Waals surface area contributed by atoms with Crippen LogP contribution in [-0.2, 0) is 4.74 Å². The van der Waals surface area contributed by atoms with E-state index in [-0.39, 0.29) is 22.6 Å². The average molecular weight is 434 g/mol. The van der Waals surface area contributed by atoms with Gasteiger partial charge in [0.15, 0.2) is 12.4 Å². The summed E-state index contributed by atoms with van der Waals surface area (Å²) in [5.41, 5.74) is 0.894. The molecule has 1 N–H and O–H groups in total. The van der Waals surface area contributed by atoms with Gasteiger partial charge < -0.3 is 14.8 Å². The maximum atomic E-state index is 12.3. The van der Waals surface area contributed by atoms with Gasteiger partial charge in [-0.1, -0.05) is 6.07 Å².